The van der Waals surface area contributed by atoms with Gasteiger partial charge in [0, 0.05) is 24.0 Å². The summed E-state index contributed by atoms with van der Waals surface area (Å²) in [5.74, 6) is -6.58. The van der Waals surface area contributed by atoms with Gasteiger partial charge in [0.1, 0.15) is 24.2 Å². The van der Waals surface area contributed by atoms with Crippen molar-refractivity contribution < 1.29 is 38.7 Å². The number of carboxylic acid groups (broad SMARTS) is 1. The van der Waals surface area contributed by atoms with E-state index in [1.807, 2.05) is 0 Å². The van der Waals surface area contributed by atoms with Crippen LogP contribution in [0.4, 0.5) is 0 Å². The fraction of sp³-hybridized carbons (Fsp3) is 0.636. The lowest BCUT2D eigenvalue weighted by molar-refractivity contribution is -0.141. The third-order valence-corrected chi connectivity index (χ3v) is 5.81. The van der Waals surface area contributed by atoms with Gasteiger partial charge in [-0.05, 0) is 26.7 Å². The van der Waals surface area contributed by atoms with E-state index in [9.17, 15) is 38.7 Å². The number of aliphatic imine (C=N–C) groups is 1. The summed E-state index contributed by atoms with van der Waals surface area (Å²) >= 11 is 8.22. The highest BCUT2D eigenvalue weighted by molar-refractivity contribution is 7.81. The number of hydrogen-bond acceptors (Lipinski definition) is 10. The molecule has 12 N–H and O–H groups in total. The zero-order chi connectivity index (χ0) is 31.9. The zero-order valence-corrected chi connectivity index (χ0v) is 24.7. The largest absolute Gasteiger partial charge is 0.481 e. The minimum atomic E-state index is -1.63. The molecule has 0 aliphatic heterocycles. The van der Waals surface area contributed by atoms with Gasteiger partial charge in [0.25, 0.3) is 0 Å². The van der Waals surface area contributed by atoms with E-state index in [4.69, 9.17) is 17.2 Å². The number of aliphatic carboxylic acids is 1. The normalized spacial score (nSPS) is 13.8. The number of carboxylic acids is 1. The van der Waals surface area contributed by atoms with Crippen molar-refractivity contribution in [3.8, 4) is 0 Å². The summed E-state index contributed by atoms with van der Waals surface area (Å²) < 4.78 is -1.11. The second kappa shape index (κ2) is 17.8. The van der Waals surface area contributed by atoms with Crippen LogP contribution in [-0.2, 0) is 33.6 Å². The van der Waals surface area contributed by atoms with Gasteiger partial charge in [-0.1, -0.05) is 0 Å². The van der Waals surface area contributed by atoms with Gasteiger partial charge in [-0.25, -0.2) is 0 Å². The van der Waals surface area contributed by atoms with Crippen molar-refractivity contribution in [3.63, 3.8) is 0 Å². The molecule has 19 heteroatoms. The van der Waals surface area contributed by atoms with Crippen LogP contribution in [0.25, 0.3) is 0 Å². The Kier molecular flexibility index (Phi) is 16.2. The number of guanidine groups is 1. The molecule has 17 nitrogen and oxygen atoms in total. The van der Waals surface area contributed by atoms with E-state index in [2.05, 4.69) is 56.8 Å². The number of carbonyl (C=O) groups excluding carboxylic acids is 6. The molecule has 0 aromatic rings. The zero-order valence-electron chi connectivity index (χ0n) is 22.9. The average molecular weight is 622 g/mol. The number of amides is 6. The molecule has 232 valence electrons. The van der Waals surface area contributed by atoms with Gasteiger partial charge in [-0.15, -0.1) is 0 Å². The van der Waals surface area contributed by atoms with Crippen LogP contribution in [0.1, 0.15) is 40.0 Å². The molecule has 0 radical (unpaired) electrons. The summed E-state index contributed by atoms with van der Waals surface area (Å²) in [4.78, 5) is 88.8. The summed E-state index contributed by atoms with van der Waals surface area (Å²) in [6, 6.07) is -5.16. The van der Waals surface area contributed by atoms with Crippen molar-refractivity contribution in [2.24, 2.45) is 22.2 Å². The molecule has 0 heterocycles. The number of nitrogens with one attached hydrogen (secondary N) is 5. The number of nitrogens with zero attached hydrogens (tertiary/aromatic N) is 1. The van der Waals surface area contributed by atoms with Gasteiger partial charge in [0.05, 0.1) is 13.0 Å². The van der Waals surface area contributed by atoms with E-state index in [1.165, 1.54) is 20.8 Å². The number of thiol groups is 2. The second-order valence-corrected chi connectivity index (χ2v) is 10.9. The Balaban J connectivity index is 5.49. The minimum absolute atomic E-state index is 0.0351. The van der Waals surface area contributed by atoms with Crippen LogP contribution in [0.15, 0.2) is 4.99 Å². The molecule has 0 bridgehead atoms. The fourth-order valence-corrected chi connectivity index (χ4v) is 3.69. The molecule has 0 spiro atoms. The summed E-state index contributed by atoms with van der Waals surface area (Å²) in [5, 5.41) is 20.8. The van der Waals surface area contributed by atoms with Crippen LogP contribution < -0.4 is 43.8 Å². The second-order valence-electron chi connectivity index (χ2n) is 9.38. The smallest absolute Gasteiger partial charge is 0.305 e. The Morgan fingerprint density at radius 2 is 1.46 bits per heavy atom. The van der Waals surface area contributed by atoms with Gasteiger partial charge in [-0.2, -0.15) is 25.3 Å². The minimum Gasteiger partial charge on any atom is -0.481 e. The highest BCUT2D eigenvalue weighted by Crippen LogP contribution is 2.17. The molecular formula is C22H39N9O8S2. The number of hydrogen-bond donors (Lipinski definition) is 11. The average Bonchev–Trinajstić information content (AvgIpc) is 2.83. The van der Waals surface area contributed by atoms with E-state index >= 15 is 0 Å². The van der Waals surface area contributed by atoms with E-state index in [-0.39, 0.29) is 31.1 Å². The Hall–Kier alpha value is -3.74. The molecular weight excluding hydrogens is 582 g/mol. The van der Waals surface area contributed by atoms with Crippen LogP contribution in [0.2, 0.25) is 0 Å². The molecule has 41 heavy (non-hydrogen) atoms. The van der Waals surface area contributed by atoms with Gasteiger partial charge in [0.2, 0.25) is 35.4 Å². The Morgan fingerprint density at radius 1 is 0.878 bits per heavy atom. The maximum Gasteiger partial charge on any atom is 0.305 e. The summed E-state index contributed by atoms with van der Waals surface area (Å²) in [7, 11) is 0. The van der Waals surface area contributed by atoms with Gasteiger partial charge in [0.15, 0.2) is 5.96 Å². The highest BCUT2D eigenvalue weighted by Gasteiger charge is 2.35. The van der Waals surface area contributed by atoms with Crippen molar-refractivity contribution in [3.05, 3.63) is 0 Å². The monoisotopic (exact) mass is 621 g/mol. The molecule has 0 saturated carbocycles. The SMILES string of the molecule is CC(=O)N[C@@H](CS)C(=O)N[C@@H](CCCN=C(N)N)C(=O)NCC(=O)N[C@@H](CC(=O)O)C(=O)N[C@@H](C(N)=O)C(C)(C)S. The maximum absolute atomic E-state index is 12.8. The van der Waals surface area contributed by atoms with Gasteiger partial charge < -0.3 is 48.9 Å². The predicted octanol–water partition coefficient (Wildman–Crippen LogP) is -4.29. The molecule has 0 aromatic heterocycles. The van der Waals surface area contributed by atoms with Crippen LogP contribution in [-0.4, -0.2) is 100 Å². The van der Waals surface area contributed by atoms with Gasteiger partial charge >= 0.3 is 5.97 Å². The predicted molar refractivity (Wildman–Crippen MR) is 155 cm³/mol. The molecule has 0 aromatic carbocycles. The molecule has 0 aliphatic rings. The van der Waals surface area contributed by atoms with Crippen LogP contribution >= 0.6 is 25.3 Å². The third-order valence-electron chi connectivity index (χ3n) is 5.19. The first-order valence-corrected chi connectivity index (χ1v) is 13.3. The number of primary amides is 1. The lowest BCUT2D eigenvalue weighted by Crippen LogP contribution is -2.59. The van der Waals surface area contributed by atoms with Crippen molar-refractivity contribution in [1.82, 2.24) is 26.6 Å². The van der Waals surface area contributed by atoms with E-state index in [0.717, 1.165) is 0 Å². The Labute approximate surface area is 247 Å². The Morgan fingerprint density at radius 3 is 1.93 bits per heavy atom. The molecule has 4 atom stereocenters. The van der Waals surface area contributed by atoms with Crippen molar-refractivity contribution in [1.29, 1.82) is 0 Å². The Bertz CT molecular complexity index is 1020. The van der Waals surface area contributed by atoms with Crippen molar-refractivity contribution in [2.45, 2.75) is 68.9 Å². The lowest BCUT2D eigenvalue weighted by Gasteiger charge is -2.29. The lowest BCUT2D eigenvalue weighted by atomic mass is 10.0. The first-order chi connectivity index (χ1) is 18.9. The van der Waals surface area contributed by atoms with Crippen LogP contribution in [0.3, 0.4) is 0 Å². The van der Waals surface area contributed by atoms with Crippen LogP contribution in [0, 0.1) is 0 Å². The number of nitrogens with two attached hydrogens (primary N) is 3. The molecule has 0 rings (SSSR count). The highest BCUT2D eigenvalue weighted by atomic mass is 32.1. The molecule has 0 saturated heterocycles. The first-order valence-electron chi connectivity index (χ1n) is 12.2. The topological polar surface area (TPSA) is 290 Å². The van der Waals surface area contributed by atoms with Gasteiger partial charge in [-0.3, -0.25) is 38.6 Å². The van der Waals surface area contributed by atoms with E-state index in [0.29, 0.717) is 0 Å². The quantitative estimate of drug-likeness (QED) is 0.0303. The standard InChI is InChI=1S/C22H39N9O8S2/c1-10(32)28-13(9-40)20(39)30-11(5-4-6-26-21(24)25)18(37)27-8-14(33)29-12(7-15(34)35)19(38)31-16(17(23)36)22(2,3)41/h11-13,16,40-41H,4-9H2,1-3H3,(H2,23,36)(H,27,37)(H,28,32)(H,29,33)(H,30,39)(H,31,38)(H,34,35)(H4,24,25,26)/t11-,12-,13-,16-/m0/s1. The van der Waals surface area contributed by atoms with Crippen molar-refractivity contribution in [2.75, 3.05) is 18.8 Å². The maximum atomic E-state index is 12.8. The van der Waals surface area contributed by atoms with Crippen molar-refractivity contribution >= 4 is 72.6 Å². The molecule has 0 unspecified atom stereocenters. The van der Waals surface area contributed by atoms with E-state index < -0.39 is 83.3 Å². The number of carbonyl (C=O) groups is 7. The first kappa shape index (κ1) is 37.3. The summed E-state index contributed by atoms with van der Waals surface area (Å²) in [5.41, 5.74) is 15.9. The molecule has 0 fully saturated rings. The van der Waals surface area contributed by atoms with Crippen LogP contribution in [0.5, 0.6) is 0 Å². The number of rotatable bonds is 18. The van der Waals surface area contributed by atoms with E-state index in [1.54, 1.807) is 0 Å². The summed E-state index contributed by atoms with van der Waals surface area (Å²) in [6.45, 7) is 3.61. The molecule has 0 aliphatic carbocycles. The summed E-state index contributed by atoms with van der Waals surface area (Å²) in [6.07, 6.45) is -0.563. The molecule has 6 amide bonds. The third kappa shape index (κ3) is 15.6. The fourth-order valence-electron chi connectivity index (χ4n) is 3.24.